The van der Waals surface area contributed by atoms with Crippen molar-refractivity contribution in [3.05, 3.63) is 41.8 Å². The fraction of sp³-hybridized carbons (Fsp3) is 0.188. The molecule has 0 unspecified atom stereocenters. The van der Waals surface area contributed by atoms with Crippen LogP contribution in [0.3, 0.4) is 0 Å². The van der Waals surface area contributed by atoms with Gasteiger partial charge in [-0.1, -0.05) is 12.1 Å². The van der Waals surface area contributed by atoms with Gasteiger partial charge in [-0.05, 0) is 31.5 Å². The van der Waals surface area contributed by atoms with Crippen LogP contribution in [0.1, 0.15) is 13.8 Å². The van der Waals surface area contributed by atoms with Crippen LogP contribution in [-0.4, -0.2) is 21.5 Å². The van der Waals surface area contributed by atoms with Gasteiger partial charge in [0.05, 0.1) is 0 Å². The van der Waals surface area contributed by atoms with Crippen LogP contribution in [0, 0.1) is 5.82 Å². The maximum absolute atomic E-state index is 13.1. The minimum absolute atomic E-state index is 0.311. The molecule has 0 saturated carbocycles. The second-order valence-electron chi connectivity index (χ2n) is 5.75. The highest BCUT2D eigenvalue weighted by Crippen LogP contribution is 2.35. The summed E-state index contributed by atoms with van der Waals surface area (Å²) < 4.78 is 13.1. The minimum Gasteiger partial charge on any atom is -0.544 e. The lowest BCUT2D eigenvalue weighted by atomic mass is 10.0. The molecule has 0 spiro atoms. The van der Waals surface area contributed by atoms with Gasteiger partial charge >= 0.3 is 0 Å². The van der Waals surface area contributed by atoms with Crippen LogP contribution in [-0.2, 0) is 4.79 Å². The molecule has 1 aromatic carbocycles. The first kappa shape index (κ1) is 15.5. The Morgan fingerprint density at radius 3 is 2.61 bits per heavy atom. The number of aromatic nitrogens is 2. The van der Waals surface area contributed by atoms with Crippen LogP contribution in [0.25, 0.3) is 21.3 Å². The first-order valence-corrected chi connectivity index (χ1v) is 7.82. The molecule has 0 radical (unpaired) electrons. The Morgan fingerprint density at radius 1 is 1.26 bits per heavy atom. The van der Waals surface area contributed by atoms with Crippen molar-refractivity contribution < 1.29 is 19.6 Å². The van der Waals surface area contributed by atoms with Crippen molar-refractivity contribution in [2.24, 2.45) is 0 Å². The summed E-state index contributed by atoms with van der Waals surface area (Å²) in [5.74, 6) is -0.956. The van der Waals surface area contributed by atoms with Crippen molar-refractivity contribution in [3.63, 3.8) is 0 Å². The van der Waals surface area contributed by atoms with E-state index in [0.717, 1.165) is 21.3 Å². The number of thiophene rings is 1. The Bertz CT molecular complexity index is 875. The summed E-state index contributed by atoms with van der Waals surface area (Å²) in [6.07, 6.45) is 1.41. The van der Waals surface area contributed by atoms with Crippen LogP contribution >= 0.6 is 11.3 Å². The third-order valence-electron chi connectivity index (χ3n) is 3.58. The van der Waals surface area contributed by atoms with E-state index in [1.54, 1.807) is 31.3 Å². The van der Waals surface area contributed by atoms with Gasteiger partial charge in [-0.2, -0.15) is 4.98 Å². The van der Waals surface area contributed by atoms with E-state index in [-0.39, 0.29) is 5.82 Å². The van der Waals surface area contributed by atoms with Crippen LogP contribution in [0.2, 0.25) is 0 Å². The van der Waals surface area contributed by atoms with Gasteiger partial charge in [0.1, 0.15) is 33.9 Å². The van der Waals surface area contributed by atoms with E-state index >= 15 is 0 Å². The van der Waals surface area contributed by atoms with Crippen molar-refractivity contribution in [2.75, 3.05) is 0 Å². The molecule has 0 bridgehead atoms. The van der Waals surface area contributed by atoms with Gasteiger partial charge < -0.3 is 9.90 Å². The predicted molar refractivity (Wildman–Crippen MR) is 83.5 cm³/mol. The van der Waals surface area contributed by atoms with Crippen LogP contribution < -0.4 is 10.4 Å². The monoisotopic (exact) mass is 331 g/mol. The molecule has 0 aliphatic rings. The smallest absolute Gasteiger partial charge is 0.237 e. The minimum atomic E-state index is -1.18. The van der Waals surface area contributed by atoms with Gasteiger partial charge in [-0.25, -0.2) is 9.37 Å². The number of carbonyl (C=O) groups is 1. The number of rotatable bonds is 4. The van der Waals surface area contributed by atoms with Gasteiger partial charge in [0.15, 0.2) is 0 Å². The SMILES string of the molecule is CC(C)([NH2+]c1ncnc2scc(-c3ccc(F)cc3)c12)C(=O)[O-]. The van der Waals surface area contributed by atoms with Gasteiger partial charge in [0.2, 0.25) is 5.82 Å². The number of carbonyl (C=O) groups excluding carboxylic acids is 1. The third kappa shape index (κ3) is 2.93. The number of hydrogen-bond donors (Lipinski definition) is 1. The number of carboxylic acids is 1. The van der Waals surface area contributed by atoms with E-state index < -0.39 is 11.5 Å². The highest BCUT2D eigenvalue weighted by atomic mass is 32.1. The van der Waals surface area contributed by atoms with E-state index in [9.17, 15) is 14.3 Å². The lowest BCUT2D eigenvalue weighted by molar-refractivity contribution is -0.642. The molecule has 2 aromatic heterocycles. The van der Waals surface area contributed by atoms with Crippen molar-refractivity contribution >= 4 is 33.3 Å². The topological polar surface area (TPSA) is 82.5 Å². The second-order valence-corrected chi connectivity index (χ2v) is 6.61. The number of halogens is 1. The molecule has 0 fully saturated rings. The average molecular weight is 331 g/mol. The number of nitrogens with zero attached hydrogens (tertiary/aromatic N) is 2. The fourth-order valence-electron chi connectivity index (χ4n) is 2.25. The molecule has 0 aliphatic heterocycles. The zero-order valence-electron chi connectivity index (χ0n) is 12.5. The van der Waals surface area contributed by atoms with Gasteiger partial charge in [0, 0.05) is 10.9 Å². The molecule has 23 heavy (non-hydrogen) atoms. The quantitative estimate of drug-likeness (QED) is 0.779. The Kier molecular flexibility index (Phi) is 3.83. The molecular weight excluding hydrogens is 317 g/mol. The number of quaternary nitrogens is 1. The Morgan fingerprint density at radius 2 is 1.96 bits per heavy atom. The van der Waals surface area contributed by atoms with Crippen LogP contribution in [0.5, 0.6) is 0 Å². The summed E-state index contributed by atoms with van der Waals surface area (Å²) in [6, 6.07) is 6.13. The van der Waals surface area contributed by atoms with Gasteiger partial charge in [-0.15, -0.1) is 11.3 Å². The number of hydrogen-bond acceptors (Lipinski definition) is 5. The number of carboxylic acid groups (broad SMARTS) is 1. The van der Waals surface area contributed by atoms with Crippen molar-refractivity contribution in [1.29, 1.82) is 0 Å². The highest BCUT2D eigenvalue weighted by Gasteiger charge is 2.27. The second kappa shape index (κ2) is 5.68. The predicted octanol–water partition coefficient (Wildman–Crippen LogP) is 1.22. The first-order valence-electron chi connectivity index (χ1n) is 6.94. The van der Waals surface area contributed by atoms with Crippen molar-refractivity contribution in [3.8, 4) is 11.1 Å². The molecule has 0 aliphatic carbocycles. The Hall–Kier alpha value is -2.38. The summed E-state index contributed by atoms with van der Waals surface area (Å²) >= 11 is 1.43. The molecule has 3 rings (SSSR count). The molecule has 0 amide bonds. The van der Waals surface area contributed by atoms with E-state index in [1.165, 1.54) is 29.8 Å². The number of nitrogens with two attached hydrogens (primary N) is 1. The van der Waals surface area contributed by atoms with Crippen LogP contribution in [0.15, 0.2) is 36.0 Å². The third-order valence-corrected chi connectivity index (χ3v) is 4.46. The first-order chi connectivity index (χ1) is 10.9. The largest absolute Gasteiger partial charge is 0.544 e. The molecule has 5 nitrogen and oxygen atoms in total. The standard InChI is InChI=1S/C16H14FN3O2S/c1-16(2,15(21)22)20-13-12-11(7-23-14(12)19-8-18-13)9-3-5-10(17)6-4-9/h3-8H,1-2H3,(H,21,22)(H,18,19,20). The van der Waals surface area contributed by atoms with E-state index in [0.29, 0.717) is 5.82 Å². The normalized spacial score (nSPS) is 11.8. The number of benzene rings is 1. The Labute approximate surface area is 135 Å². The van der Waals surface area contributed by atoms with Crippen molar-refractivity contribution in [2.45, 2.75) is 19.4 Å². The molecule has 0 saturated heterocycles. The fourth-order valence-corrected chi connectivity index (χ4v) is 3.17. The lowest BCUT2D eigenvalue weighted by Crippen LogP contribution is -2.94. The number of aliphatic carboxylic acids is 1. The maximum Gasteiger partial charge on any atom is 0.237 e. The van der Waals surface area contributed by atoms with Crippen LogP contribution in [0.4, 0.5) is 10.2 Å². The summed E-state index contributed by atoms with van der Waals surface area (Å²) in [6.45, 7) is 3.11. The molecule has 2 N–H and O–H groups in total. The summed E-state index contributed by atoms with van der Waals surface area (Å²) in [5, 5.41) is 15.5. The average Bonchev–Trinajstić information content (AvgIpc) is 2.93. The summed E-state index contributed by atoms with van der Waals surface area (Å²) in [5.41, 5.74) is 0.517. The summed E-state index contributed by atoms with van der Waals surface area (Å²) in [4.78, 5) is 20.5. The molecule has 3 aromatic rings. The molecular formula is C16H14FN3O2S. The van der Waals surface area contributed by atoms with Crippen molar-refractivity contribution in [1.82, 2.24) is 9.97 Å². The summed E-state index contributed by atoms with van der Waals surface area (Å²) in [7, 11) is 0. The maximum atomic E-state index is 13.1. The van der Waals surface area contributed by atoms with Gasteiger partial charge in [0.25, 0.3) is 0 Å². The Balaban J connectivity index is 2.15. The zero-order valence-corrected chi connectivity index (χ0v) is 13.4. The molecule has 2 heterocycles. The zero-order chi connectivity index (χ0) is 16.6. The molecule has 7 heteroatoms. The lowest BCUT2D eigenvalue weighted by Gasteiger charge is -2.23. The highest BCUT2D eigenvalue weighted by molar-refractivity contribution is 7.17. The number of fused-ring (bicyclic) bond motifs is 1. The molecule has 118 valence electrons. The van der Waals surface area contributed by atoms with E-state index in [4.69, 9.17) is 0 Å². The van der Waals surface area contributed by atoms with E-state index in [1.807, 2.05) is 5.38 Å². The van der Waals surface area contributed by atoms with E-state index in [2.05, 4.69) is 9.97 Å². The van der Waals surface area contributed by atoms with Gasteiger partial charge in [-0.3, -0.25) is 5.32 Å². The molecule has 0 atom stereocenters.